The molecule has 0 fully saturated rings. The monoisotopic (exact) mass is 388 g/mol. The Balaban J connectivity index is 2.15. The summed E-state index contributed by atoms with van der Waals surface area (Å²) in [6.07, 6.45) is 0. The maximum atomic E-state index is 12.3. The van der Waals surface area contributed by atoms with E-state index in [0.29, 0.717) is 5.69 Å². The number of thiocarbonyl (C=S) groups is 1. The zero-order valence-electron chi connectivity index (χ0n) is 14.2. The topological polar surface area (TPSA) is 137 Å². The molecule has 0 aliphatic heterocycles. The number of nitrogens with zero attached hydrogens (tertiary/aromatic N) is 1. The number of hydrogen-bond acceptors (Lipinski definition) is 6. The standard InChI is InChI=1S/C17H16N4O5S/c1-2-26-14-8-7-10(9-13(14)21(24)25)16(23)20-17(27)19-12-6-4-3-5-11(12)15(18)22/h3-9H,2H2,1H3,(H2,18,22)(H2,19,20,23,27). The lowest BCUT2D eigenvalue weighted by atomic mass is 10.1. The van der Waals surface area contributed by atoms with Gasteiger partial charge in [0.05, 0.1) is 22.8 Å². The number of primary amides is 1. The number of carbonyl (C=O) groups is 2. The molecule has 0 atom stereocenters. The van der Waals surface area contributed by atoms with Crippen LogP contribution in [-0.2, 0) is 0 Å². The van der Waals surface area contributed by atoms with Gasteiger partial charge in [-0.3, -0.25) is 25.0 Å². The van der Waals surface area contributed by atoms with Crippen LogP contribution in [0, 0.1) is 10.1 Å². The van der Waals surface area contributed by atoms with Crippen LogP contribution in [0.5, 0.6) is 5.75 Å². The maximum absolute atomic E-state index is 12.3. The van der Waals surface area contributed by atoms with Crippen LogP contribution in [-0.4, -0.2) is 28.5 Å². The molecule has 10 heteroatoms. The minimum Gasteiger partial charge on any atom is -0.487 e. The van der Waals surface area contributed by atoms with Gasteiger partial charge in [0.25, 0.3) is 11.8 Å². The highest BCUT2D eigenvalue weighted by atomic mass is 32.1. The van der Waals surface area contributed by atoms with Crippen LogP contribution in [0.4, 0.5) is 11.4 Å². The molecule has 0 spiro atoms. The lowest BCUT2D eigenvalue weighted by molar-refractivity contribution is -0.385. The van der Waals surface area contributed by atoms with Gasteiger partial charge >= 0.3 is 5.69 Å². The molecule has 2 aromatic rings. The maximum Gasteiger partial charge on any atom is 0.311 e. The van der Waals surface area contributed by atoms with Crippen LogP contribution in [0.15, 0.2) is 42.5 Å². The number of nitro benzene ring substituents is 1. The summed E-state index contributed by atoms with van der Waals surface area (Å²) in [5, 5.41) is 16.2. The van der Waals surface area contributed by atoms with Crippen LogP contribution in [0.3, 0.4) is 0 Å². The fourth-order valence-corrected chi connectivity index (χ4v) is 2.42. The molecule has 0 saturated carbocycles. The summed E-state index contributed by atoms with van der Waals surface area (Å²) in [4.78, 5) is 34.2. The molecule has 0 aliphatic carbocycles. The van der Waals surface area contributed by atoms with E-state index in [2.05, 4.69) is 10.6 Å². The number of hydrogen-bond donors (Lipinski definition) is 3. The van der Waals surface area contributed by atoms with Crippen molar-refractivity contribution in [3.8, 4) is 5.75 Å². The molecule has 0 heterocycles. The summed E-state index contributed by atoms with van der Waals surface area (Å²) in [6.45, 7) is 1.94. The average Bonchev–Trinajstić information content (AvgIpc) is 2.62. The molecule has 140 valence electrons. The Hall–Kier alpha value is -3.53. The Bertz CT molecular complexity index is 916. The molecule has 9 nitrogen and oxygen atoms in total. The average molecular weight is 388 g/mol. The highest BCUT2D eigenvalue weighted by Crippen LogP contribution is 2.28. The highest BCUT2D eigenvalue weighted by molar-refractivity contribution is 7.80. The molecule has 0 unspecified atom stereocenters. The molecule has 0 aliphatic rings. The summed E-state index contributed by atoms with van der Waals surface area (Å²) in [5.74, 6) is -1.25. The van der Waals surface area contributed by atoms with Gasteiger partial charge in [-0.1, -0.05) is 12.1 Å². The molecule has 27 heavy (non-hydrogen) atoms. The quantitative estimate of drug-likeness (QED) is 0.392. The highest BCUT2D eigenvalue weighted by Gasteiger charge is 2.19. The van der Waals surface area contributed by atoms with E-state index < -0.39 is 16.7 Å². The van der Waals surface area contributed by atoms with Crippen molar-refractivity contribution in [1.82, 2.24) is 5.32 Å². The largest absolute Gasteiger partial charge is 0.487 e. The Labute approximate surface area is 159 Å². The third kappa shape index (κ3) is 4.98. The number of ether oxygens (including phenoxy) is 1. The van der Waals surface area contributed by atoms with Crippen molar-refractivity contribution in [3.63, 3.8) is 0 Å². The number of anilines is 1. The van der Waals surface area contributed by atoms with Gasteiger partial charge in [0.2, 0.25) is 0 Å². The molecular weight excluding hydrogens is 372 g/mol. The Morgan fingerprint density at radius 1 is 1.26 bits per heavy atom. The lowest BCUT2D eigenvalue weighted by Gasteiger charge is -2.12. The fourth-order valence-electron chi connectivity index (χ4n) is 2.21. The normalized spacial score (nSPS) is 9.96. The van der Waals surface area contributed by atoms with Crippen molar-refractivity contribution < 1.29 is 19.2 Å². The first kappa shape index (κ1) is 19.8. The van der Waals surface area contributed by atoms with Gasteiger partial charge in [-0.15, -0.1) is 0 Å². The summed E-state index contributed by atoms with van der Waals surface area (Å²) < 4.78 is 5.17. The number of para-hydroxylation sites is 1. The van der Waals surface area contributed by atoms with E-state index in [0.717, 1.165) is 6.07 Å². The smallest absolute Gasteiger partial charge is 0.311 e. The van der Waals surface area contributed by atoms with Crippen LogP contribution in [0.1, 0.15) is 27.6 Å². The molecule has 2 rings (SSSR count). The number of nitro groups is 1. The first-order valence-corrected chi connectivity index (χ1v) is 8.16. The summed E-state index contributed by atoms with van der Waals surface area (Å²) in [5.41, 5.74) is 5.50. The van der Waals surface area contributed by atoms with E-state index in [1.165, 1.54) is 18.2 Å². The molecule has 2 aromatic carbocycles. The van der Waals surface area contributed by atoms with Gasteiger partial charge in [0, 0.05) is 11.6 Å². The van der Waals surface area contributed by atoms with Crippen molar-refractivity contribution in [2.24, 2.45) is 5.73 Å². The Morgan fingerprint density at radius 2 is 1.96 bits per heavy atom. The van der Waals surface area contributed by atoms with Gasteiger partial charge in [-0.25, -0.2) is 0 Å². The van der Waals surface area contributed by atoms with Gasteiger partial charge in [-0.05, 0) is 43.4 Å². The van der Waals surface area contributed by atoms with Gasteiger partial charge in [-0.2, -0.15) is 0 Å². The van der Waals surface area contributed by atoms with E-state index in [1.54, 1.807) is 25.1 Å². The number of nitrogens with one attached hydrogen (secondary N) is 2. The van der Waals surface area contributed by atoms with Crippen molar-refractivity contribution >= 4 is 40.5 Å². The zero-order chi connectivity index (χ0) is 20.0. The first-order valence-electron chi connectivity index (χ1n) is 7.76. The summed E-state index contributed by atoms with van der Waals surface area (Å²) in [7, 11) is 0. The van der Waals surface area contributed by atoms with Crippen molar-refractivity contribution in [3.05, 3.63) is 63.7 Å². The number of carbonyl (C=O) groups excluding carboxylic acids is 2. The van der Waals surface area contributed by atoms with E-state index in [1.807, 2.05) is 0 Å². The zero-order valence-corrected chi connectivity index (χ0v) is 15.0. The molecule has 0 saturated heterocycles. The van der Waals surface area contributed by atoms with Gasteiger partial charge in [0.1, 0.15) is 0 Å². The first-order chi connectivity index (χ1) is 12.8. The van der Waals surface area contributed by atoms with Gasteiger partial charge < -0.3 is 15.8 Å². The molecule has 4 N–H and O–H groups in total. The van der Waals surface area contributed by atoms with Crippen molar-refractivity contribution in [2.45, 2.75) is 6.92 Å². The second kappa shape index (κ2) is 8.72. The minimum absolute atomic E-state index is 0.0255. The number of nitrogens with two attached hydrogens (primary N) is 1. The third-order valence-corrected chi connectivity index (χ3v) is 3.59. The van der Waals surface area contributed by atoms with E-state index in [9.17, 15) is 19.7 Å². The van der Waals surface area contributed by atoms with Crippen LogP contribution >= 0.6 is 12.2 Å². The molecule has 2 amide bonds. The predicted octanol–water partition coefficient (Wildman–Crippen LogP) is 2.22. The number of benzene rings is 2. The Kier molecular flexibility index (Phi) is 6.39. The van der Waals surface area contributed by atoms with Crippen LogP contribution in [0.2, 0.25) is 0 Å². The third-order valence-electron chi connectivity index (χ3n) is 3.39. The second-order valence-corrected chi connectivity index (χ2v) is 5.60. The second-order valence-electron chi connectivity index (χ2n) is 5.19. The number of amides is 2. The van der Waals surface area contributed by atoms with E-state index >= 15 is 0 Å². The predicted molar refractivity (Wildman–Crippen MR) is 103 cm³/mol. The van der Waals surface area contributed by atoms with Crippen molar-refractivity contribution in [2.75, 3.05) is 11.9 Å². The lowest BCUT2D eigenvalue weighted by Crippen LogP contribution is -2.34. The molecule has 0 bridgehead atoms. The molecule has 0 aromatic heterocycles. The minimum atomic E-state index is -0.658. The fraction of sp³-hybridized carbons (Fsp3) is 0.118. The summed E-state index contributed by atoms with van der Waals surface area (Å²) >= 11 is 5.06. The molecule has 0 radical (unpaired) electrons. The SMILES string of the molecule is CCOc1ccc(C(=O)NC(=S)Nc2ccccc2C(N)=O)cc1[N+](=O)[O-]. The number of rotatable bonds is 6. The van der Waals surface area contributed by atoms with E-state index in [-0.39, 0.29) is 34.3 Å². The van der Waals surface area contributed by atoms with E-state index in [4.69, 9.17) is 22.7 Å². The van der Waals surface area contributed by atoms with Crippen LogP contribution < -0.4 is 21.1 Å². The summed E-state index contributed by atoms with van der Waals surface area (Å²) in [6, 6.07) is 10.2. The molecular formula is C17H16N4O5S. The van der Waals surface area contributed by atoms with Gasteiger partial charge in [0.15, 0.2) is 10.9 Å². The van der Waals surface area contributed by atoms with Crippen molar-refractivity contribution in [1.29, 1.82) is 0 Å². The van der Waals surface area contributed by atoms with Crippen LogP contribution in [0.25, 0.3) is 0 Å². The Morgan fingerprint density at radius 3 is 2.59 bits per heavy atom.